The number of hydrogen-bond donors (Lipinski definition) is 1. The molecule has 0 aliphatic heterocycles. The summed E-state index contributed by atoms with van der Waals surface area (Å²) >= 11 is 8.99. The van der Waals surface area contributed by atoms with E-state index in [9.17, 15) is 14.9 Å². The smallest absolute Gasteiger partial charge is 0.283 e. The zero-order valence-electron chi connectivity index (χ0n) is 9.97. The average molecular weight is 356 g/mol. The standard InChI is InChI=1S/C13H8BrClN2O3/c14-10-3-1-2-4-11(10)16-13(18)9-6-5-8(15)7-12(9)17(19)20/h1-7H,(H,16,18). The van der Waals surface area contributed by atoms with E-state index in [1.807, 2.05) is 0 Å². The average Bonchev–Trinajstić information content (AvgIpc) is 2.41. The monoisotopic (exact) mass is 354 g/mol. The zero-order valence-corrected chi connectivity index (χ0v) is 12.3. The van der Waals surface area contributed by atoms with Crippen LogP contribution >= 0.6 is 27.5 Å². The summed E-state index contributed by atoms with van der Waals surface area (Å²) in [7, 11) is 0. The summed E-state index contributed by atoms with van der Waals surface area (Å²) in [6, 6.07) is 10.9. The highest BCUT2D eigenvalue weighted by Crippen LogP contribution is 2.26. The molecular formula is C13H8BrClN2O3. The molecule has 0 heterocycles. The van der Waals surface area contributed by atoms with E-state index in [0.29, 0.717) is 10.2 Å². The number of rotatable bonds is 3. The number of carbonyl (C=O) groups excluding carboxylic acids is 1. The fraction of sp³-hybridized carbons (Fsp3) is 0. The number of nitrogens with one attached hydrogen (secondary N) is 1. The molecule has 0 aliphatic carbocycles. The van der Waals surface area contributed by atoms with E-state index < -0.39 is 10.8 Å². The molecule has 0 bridgehead atoms. The van der Waals surface area contributed by atoms with Crippen LogP contribution in [0.1, 0.15) is 10.4 Å². The minimum Gasteiger partial charge on any atom is -0.321 e. The van der Waals surface area contributed by atoms with Gasteiger partial charge in [-0.05, 0) is 40.2 Å². The Kier molecular flexibility index (Phi) is 4.36. The number of carbonyl (C=O) groups is 1. The lowest BCUT2D eigenvalue weighted by Gasteiger charge is -2.07. The summed E-state index contributed by atoms with van der Waals surface area (Å²) < 4.78 is 0.685. The fourth-order valence-corrected chi connectivity index (χ4v) is 2.15. The molecule has 0 unspecified atom stereocenters. The van der Waals surface area contributed by atoms with Gasteiger partial charge < -0.3 is 5.32 Å². The molecule has 0 fully saturated rings. The first-order valence-corrected chi connectivity index (χ1v) is 6.66. The van der Waals surface area contributed by atoms with Crippen molar-refractivity contribution in [3.63, 3.8) is 0 Å². The van der Waals surface area contributed by atoms with Crippen molar-refractivity contribution in [2.45, 2.75) is 0 Å². The largest absolute Gasteiger partial charge is 0.321 e. The number of halogens is 2. The van der Waals surface area contributed by atoms with E-state index in [1.54, 1.807) is 24.3 Å². The lowest BCUT2D eigenvalue weighted by atomic mass is 10.1. The number of amides is 1. The maximum Gasteiger partial charge on any atom is 0.283 e. The molecule has 0 saturated carbocycles. The molecule has 0 radical (unpaired) electrons. The molecule has 0 aliphatic rings. The highest BCUT2D eigenvalue weighted by Gasteiger charge is 2.21. The molecule has 0 aromatic heterocycles. The summed E-state index contributed by atoms with van der Waals surface area (Å²) in [5.41, 5.74) is 0.152. The van der Waals surface area contributed by atoms with Gasteiger partial charge in [0, 0.05) is 15.6 Å². The maximum absolute atomic E-state index is 12.1. The minimum absolute atomic E-state index is 0.0462. The van der Waals surface area contributed by atoms with Gasteiger partial charge in [0.2, 0.25) is 0 Å². The second-order valence-electron chi connectivity index (χ2n) is 3.85. The van der Waals surface area contributed by atoms with E-state index >= 15 is 0 Å². The van der Waals surface area contributed by atoms with E-state index in [0.717, 1.165) is 6.07 Å². The first-order valence-electron chi connectivity index (χ1n) is 5.49. The number of nitrogens with zero attached hydrogens (tertiary/aromatic N) is 1. The van der Waals surface area contributed by atoms with Crippen molar-refractivity contribution < 1.29 is 9.72 Å². The summed E-state index contributed by atoms with van der Waals surface area (Å²) in [4.78, 5) is 22.4. The molecule has 2 aromatic rings. The third-order valence-corrected chi connectivity index (χ3v) is 3.45. The van der Waals surface area contributed by atoms with E-state index in [4.69, 9.17) is 11.6 Å². The molecule has 0 saturated heterocycles. The van der Waals surface area contributed by atoms with Crippen LogP contribution in [-0.2, 0) is 0 Å². The SMILES string of the molecule is O=C(Nc1ccccc1Br)c1ccc(Cl)cc1[N+](=O)[O-]. The number of anilines is 1. The quantitative estimate of drug-likeness (QED) is 0.660. The highest BCUT2D eigenvalue weighted by molar-refractivity contribution is 9.10. The second kappa shape index (κ2) is 6.02. The molecule has 1 N–H and O–H groups in total. The van der Waals surface area contributed by atoms with E-state index in [1.165, 1.54) is 12.1 Å². The summed E-state index contributed by atoms with van der Waals surface area (Å²) in [5.74, 6) is -0.569. The predicted octanol–water partition coefficient (Wildman–Crippen LogP) is 4.26. The second-order valence-corrected chi connectivity index (χ2v) is 5.14. The zero-order chi connectivity index (χ0) is 14.7. The first-order chi connectivity index (χ1) is 9.49. The van der Waals surface area contributed by atoms with Gasteiger partial charge in [-0.15, -0.1) is 0 Å². The Labute approximate surface area is 127 Å². The lowest BCUT2D eigenvalue weighted by molar-refractivity contribution is -0.385. The number of benzene rings is 2. The minimum atomic E-state index is -0.638. The summed E-state index contributed by atoms with van der Waals surface area (Å²) in [5, 5.41) is 13.8. The van der Waals surface area contributed by atoms with Gasteiger partial charge in [-0.25, -0.2) is 0 Å². The fourth-order valence-electron chi connectivity index (χ4n) is 1.60. The van der Waals surface area contributed by atoms with Gasteiger partial charge in [0.05, 0.1) is 10.6 Å². The van der Waals surface area contributed by atoms with Gasteiger partial charge in [0.25, 0.3) is 11.6 Å². The molecule has 2 aromatic carbocycles. The highest BCUT2D eigenvalue weighted by atomic mass is 79.9. The summed E-state index contributed by atoms with van der Waals surface area (Å²) in [6.07, 6.45) is 0. The van der Waals surface area contributed by atoms with Crippen LogP contribution in [0.4, 0.5) is 11.4 Å². The van der Waals surface area contributed by atoms with Gasteiger partial charge in [-0.2, -0.15) is 0 Å². The van der Waals surface area contributed by atoms with Gasteiger partial charge in [-0.3, -0.25) is 14.9 Å². The summed E-state index contributed by atoms with van der Waals surface area (Å²) in [6.45, 7) is 0. The van der Waals surface area contributed by atoms with Gasteiger partial charge in [-0.1, -0.05) is 23.7 Å². The molecule has 0 spiro atoms. The number of nitro benzene ring substituents is 1. The molecule has 102 valence electrons. The van der Waals surface area contributed by atoms with Crippen molar-refractivity contribution in [2.24, 2.45) is 0 Å². The van der Waals surface area contributed by atoms with Crippen LogP contribution < -0.4 is 5.32 Å². The van der Waals surface area contributed by atoms with Crippen molar-refractivity contribution in [2.75, 3.05) is 5.32 Å². The topological polar surface area (TPSA) is 72.2 Å². The number of para-hydroxylation sites is 1. The van der Waals surface area contributed by atoms with Crippen LogP contribution in [0, 0.1) is 10.1 Å². The van der Waals surface area contributed by atoms with Crippen LogP contribution in [0.5, 0.6) is 0 Å². The molecule has 1 amide bonds. The Morgan fingerprint density at radius 1 is 1.25 bits per heavy atom. The first kappa shape index (κ1) is 14.5. The van der Waals surface area contributed by atoms with Crippen LogP contribution in [0.25, 0.3) is 0 Å². The Morgan fingerprint density at radius 2 is 1.95 bits per heavy atom. The Bertz CT molecular complexity index is 691. The Hall–Kier alpha value is -1.92. The lowest BCUT2D eigenvalue weighted by Crippen LogP contribution is -2.14. The van der Waals surface area contributed by atoms with Crippen molar-refractivity contribution in [1.82, 2.24) is 0 Å². The molecule has 7 heteroatoms. The van der Waals surface area contributed by atoms with Crippen molar-refractivity contribution >= 4 is 44.8 Å². The van der Waals surface area contributed by atoms with Gasteiger partial charge in [0.1, 0.15) is 5.56 Å². The predicted molar refractivity (Wildman–Crippen MR) is 80.2 cm³/mol. The van der Waals surface area contributed by atoms with Gasteiger partial charge >= 0.3 is 0 Å². The molecular weight excluding hydrogens is 348 g/mol. The third kappa shape index (κ3) is 3.15. The molecule has 0 atom stereocenters. The van der Waals surface area contributed by atoms with Crippen LogP contribution in [0.15, 0.2) is 46.9 Å². The van der Waals surface area contributed by atoms with Crippen LogP contribution in [0.2, 0.25) is 5.02 Å². The molecule has 2 rings (SSSR count). The van der Waals surface area contributed by atoms with E-state index in [2.05, 4.69) is 21.2 Å². The maximum atomic E-state index is 12.1. The van der Waals surface area contributed by atoms with Crippen molar-refractivity contribution in [3.8, 4) is 0 Å². The van der Waals surface area contributed by atoms with Crippen LogP contribution in [-0.4, -0.2) is 10.8 Å². The van der Waals surface area contributed by atoms with E-state index in [-0.39, 0.29) is 16.3 Å². The molecule has 20 heavy (non-hydrogen) atoms. The van der Waals surface area contributed by atoms with Crippen LogP contribution in [0.3, 0.4) is 0 Å². The third-order valence-electron chi connectivity index (χ3n) is 2.52. The number of hydrogen-bond acceptors (Lipinski definition) is 3. The van der Waals surface area contributed by atoms with Gasteiger partial charge in [0.15, 0.2) is 0 Å². The Balaban J connectivity index is 2.35. The normalized spacial score (nSPS) is 10.1. The number of nitro groups is 1. The van der Waals surface area contributed by atoms with Crippen molar-refractivity contribution in [3.05, 3.63) is 67.6 Å². The Morgan fingerprint density at radius 3 is 2.60 bits per heavy atom. The van der Waals surface area contributed by atoms with Crippen molar-refractivity contribution in [1.29, 1.82) is 0 Å². The molecule has 5 nitrogen and oxygen atoms in total.